The molecule has 1 aromatic rings. The van der Waals surface area contributed by atoms with Gasteiger partial charge in [0.2, 0.25) is 24.1 Å². The van der Waals surface area contributed by atoms with Gasteiger partial charge in [-0.1, -0.05) is 56.5 Å². The molecule has 0 aromatic heterocycles. The van der Waals surface area contributed by atoms with Crippen LogP contribution in [-0.4, -0.2) is 110 Å². The first-order valence-electron chi connectivity index (χ1n) is 16.0. The van der Waals surface area contributed by atoms with Gasteiger partial charge in [-0.15, -0.1) is 0 Å². The summed E-state index contributed by atoms with van der Waals surface area (Å²) in [5.41, 5.74) is 0.792. The number of benzene rings is 1. The van der Waals surface area contributed by atoms with E-state index in [1.54, 1.807) is 30.9 Å². The van der Waals surface area contributed by atoms with E-state index in [1.807, 2.05) is 30.3 Å². The van der Waals surface area contributed by atoms with Crippen LogP contribution < -0.4 is 10.6 Å². The highest BCUT2D eigenvalue weighted by Gasteiger charge is 2.43. The maximum Gasteiger partial charge on any atom is 0.326 e. The number of amides is 4. The molecule has 12 nitrogen and oxygen atoms in total. The van der Waals surface area contributed by atoms with Gasteiger partial charge in [-0.3, -0.25) is 19.2 Å². The number of hydrogen-bond donors (Lipinski definition) is 3. The summed E-state index contributed by atoms with van der Waals surface area (Å²) < 4.78 is 11.7. The van der Waals surface area contributed by atoms with Gasteiger partial charge in [0.25, 0.3) is 0 Å². The first-order valence-corrected chi connectivity index (χ1v) is 16.0. The third kappa shape index (κ3) is 9.74. The number of ether oxygens (including phenoxy) is 2. The van der Waals surface area contributed by atoms with Crippen molar-refractivity contribution in [2.24, 2.45) is 11.8 Å². The molecule has 1 saturated heterocycles. The van der Waals surface area contributed by atoms with Crippen molar-refractivity contribution in [1.29, 1.82) is 0 Å². The quantitative estimate of drug-likeness (QED) is 0.221. The Labute approximate surface area is 266 Å². The average Bonchev–Trinajstić information content (AvgIpc) is 3.53. The van der Waals surface area contributed by atoms with E-state index in [1.165, 1.54) is 7.11 Å². The highest BCUT2D eigenvalue weighted by molar-refractivity contribution is 5.85. The van der Waals surface area contributed by atoms with E-state index in [0.717, 1.165) is 44.1 Å². The van der Waals surface area contributed by atoms with Gasteiger partial charge in [0.1, 0.15) is 6.04 Å². The van der Waals surface area contributed by atoms with Crippen molar-refractivity contribution in [1.82, 2.24) is 20.4 Å². The first kappa shape index (κ1) is 36.0. The molecule has 1 aromatic carbocycles. The lowest BCUT2D eigenvalue weighted by Gasteiger charge is -2.41. The highest BCUT2D eigenvalue weighted by atomic mass is 16.5. The number of aliphatic carboxylic acids is 1. The van der Waals surface area contributed by atoms with E-state index in [0.29, 0.717) is 19.4 Å². The molecular formula is C33H50N4O8. The van der Waals surface area contributed by atoms with Gasteiger partial charge in [-0.25, -0.2) is 4.79 Å². The molecule has 250 valence electrons. The molecule has 0 bridgehead atoms. The Morgan fingerprint density at radius 3 is 2.33 bits per heavy atom. The second-order valence-corrected chi connectivity index (χ2v) is 12.2. The van der Waals surface area contributed by atoms with Crippen molar-refractivity contribution >= 4 is 30.1 Å². The van der Waals surface area contributed by atoms with Gasteiger partial charge in [0.05, 0.1) is 43.2 Å². The van der Waals surface area contributed by atoms with E-state index in [4.69, 9.17) is 9.47 Å². The lowest BCUT2D eigenvalue weighted by Crippen LogP contribution is -2.55. The van der Waals surface area contributed by atoms with Crippen molar-refractivity contribution in [3.63, 3.8) is 0 Å². The van der Waals surface area contributed by atoms with Crippen LogP contribution in [0.3, 0.4) is 0 Å². The molecule has 0 spiro atoms. The van der Waals surface area contributed by atoms with Crippen LogP contribution in [-0.2, 0) is 39.9 Å². The first-order chi connectivity index (χ1) is 21.6. The van der Waals surface area contributed by atoms with Crippen molar-refractivity contribution < 1.29 is 38.6 Å². The fraction of sp³-hybridized carbons (Fsp3) is 0.667. The van der Waals surface area contributed by atoms with Crippen molar-refractivity contribution in [2.45, 2.75) is 95.0 Å². The van der Waals surface area contributed by atoms with Crippen LogP contribution in [0.5, 0.6) is 0 Å². The third-order valence-corrected chi connectivity index (χ3v) is 9.44. The number of carbonyl (C=O) groups excluding carboxylic acids is 4. The zero-order valence-electron chi connectivity index (χ0n) is 27.0. The van der Waals surface area contributed by atoms with Crippen LogP contribution in [0.1, 0.15) is 63.9 Å². The lowest BCUT2D eigenvalue weighted by atomic mass is 9.80. The molecule has 6 atom stereocenters. The van der Waals surface area contributed by atoms with Crippen LogP contribution in [0.15, 0.2) is 30.3 Å². The number of carboxylic acids is 1. The molecule has 0 radical (unpaired) electrons. The van der Waals surface area contributed by atoms with E-state index in [2.05, 4.69) is 10.6 Å². The molecular weight excluding hydrogens is 580 g/mol. The minimum Gasteiger partial charge on any atom is -0.480 e. The maximum absolute atomic E-state index is 13.9. The number of hydrogen-bond acceptors (Lipinski definition) is 7. The number of carbonyl (C=O) groups is 5. The molecule has 1 aliphatic heterocycles. The van der Waals surface area contributed by atoms with E-state index >= 15 is 0 Å². The number of likely N-dealkylation sites (tertiary alicyclic amines) is 1. The van der Waals surface area contributed by atoms with Crippen molar-refractivity contribution in [3.05, 3.63) is 35.9 Å². The number of methoxy groups -OCH3 is 2. The summed E-state index contributed by atoms with van der Waals surface area (Å²) in [4.78, 5) is 66.4. The minimum absolute atomic E-state index is 0.0437. The Hall–Kier alpha value is -3.51. The van der Waals surface area contributed by atoms with Crippen molar-refractivity contribution in [3.8, 4) is 0 Å². The summed E-state index contributed by atoms with van der Waals surface area (Å²) in [5.74, 6) is -2.57. The molecule has 1 aliphatic carbocycles. The highest BCUT2D eigenvalue weighted by Crippen LogP contribution is 2.33. The SMILES string of the molecule is COC(CC(=O)N1CCCC1C(OC)C(C)C(=O)NC(Cc1ccccc1)C(=O)O)C(C1CCCCC1)N(C)C(=O)CNC=O. The Bertz CT molecular complexity index is 1130. The van der Waals surface area contributed by atoms with E-state index in [-0.39, 0.29) is 49.2 Å². The summed E-state index contributed by atoms with van der Waals surface area (Å²) in [6.07, 6.45) is 5.87. The monoisotopic (exact) mass is 630 g/mol. The smallest absolute Gasteiger partial charge is 0.326 e. The van der Waals surface area contributed by atoms with Gasteiger partial charge in [0, 0.05) is 34.2 Å². The predicted octanol–water partition coefficient (Wildman–Crippen LogP) is 2.00. The van der Waals surface area contributed by atoms with Crippen LogP contribution in [0.2, 0.25) is 0 Å². The molecule has 2 fully saturated rings. The molecule has 2 aliphatic rings. The summed E-state index contributed by atoms with van der Waals surface area (Å²) in [6, 6.07) is 7.26. The molecule has 45 heavy (non-hydrogen) atoms. The predicted molar refractivity (Wildman–Crippen MR) is 167 cm³/mol. The van der Waals surface area contributed by atoms with Gasteiger partial charge >= 0.3 is 5.97 Å². The topological polar surface area (TPSA) is 155 Å². The van der Waals surface area contributed by atoms with Crippen molar-refractivity contribution in [2.75, 3.05) is 34.4 Å². The molecule has 1 heterocycles. The fourth-order valence-corrected chi connectivity index (χ4v) is 7.04. The van der Waals surface area contributed by atoms with Crippen LogP contribution in [0.4, 0.5) is 0 Å². The van der Waals surface area contributed by atoms with Gasteiger partial charge in [-0.05, 0) is 37.2 Å². The lowest BCUT2D eigenvalue weighted by molar-refractivity contribution is -0.147. The molecule has 1 saturated carbocycles. The van der Waals surface area contributed by atoms with Gasteiger partial charge in [0.15, 0.2) is 0 Å². The average molecular weight is 631 g/mol. The second-order valence-electron chi connectivity index (χ2n) is 12.2. The number of likely N-dealkylation sites (N-methyl/N-ethyl adjacent to an activating group) is 1. The summed E-state index contributed by atoms with van der Waals surface area (Å²) in [7, 11) is 4.75. The Morgan fingerprint density at radius 2 is 1.73 bits per heavy atom. The normalized spacial score (nSPS) is 20.4. The molecule has 3 N–H and O–H groups in total. The third-order valence-electron chi connectivity index (χ3n) is 9.44. The number of carboxylic acid groups (broad SMARTS) is 1. The maximum atomic E-state index is 13.9. The molecule has 12 heteroatoms. The number of nitrogens with one attached hydrogen (secondary N) is 2. The Morgan fingerprint density at radius 1 is 1.04 bits per heavy atom. The summed E-state index contributed by atoms with van der Waals surface area (Å²) in [6.45, 7) is 2.05. The Kier molecular flexibility index (Phi) is 14.3. The zero-order valence-corrected chi connectivity index (χ0v) is 27.0. The van der Waals surface area contributed by atoms with Crippen LogP contribution in [0.25, 0.3) is 0 Å². The zero-order chi connectivity index (χ0) is 32.9. The fourth-order valence-electron chi connectivity index (χ4n) is 7.04. The minimum atomic E-state index is -1.13. The van der Waals surface area contributed by atoms with Crippen LogP contribution in [0, 0.1) is 11.8 Å². The number of rotatable bonds is 17. The molecule has 6 unspecified atom stereocenters. The summed E-state index contributed by atoms with van der Waals surface area (Å²) in [5, 5.41) is 14.9. The van der Waals surface area contributed by atoms with E-state index in [9.17, 15) is 29.1 Å². The van der Waals surface area contributed by atoms with Gasteiger partial charge in [-0.2, -0.15) is 0 Å². The Balaban J connectivity index is 1.73. The van der Waals surface area contributed by atoms with Gasteiger partial charge < -0.3 is 35.0 Å². The van der Waals surface area contributed by atoms with Crippen LogP contribution >= 0.6 is 0 Å². The number of nitrogens with zero attached hydrogens (tertiary/aromatic N) is 2. The molecule has 3 rings (SSSR count). The second kappa shape index (κ2) is 17.8. The van der Waals surface area contributed by atoms with E-state index < -0.39 is 36.0 Å². The molecule has 4 amide bonds. The summed E-state index contributed by atoms with van der Waals surface area (Å²) >= 11 is 0. The largest absolute Gasteiger partial charge is 0.480 e. The standard InChI is InChI=1S/C33H50N4O8/c1-22(32(41)35-25(33(42)43)18-23-12-7-5-8-13-23)31(45-4)26-16-11-17-37(26)28(39)19-27(44-3)30(24-14-9-6-10-15-24)36(2)29(40)20-34-21-38/h5,7-8,12-13,21-22,24-27,30-31H,6,9-11,14-20H2,1-4H3,(H,34,38)(H,35,41)(H,42,43).